The molecule has 0 spiro atoms. The molecule has 3 rings (SSSR count). The lowest BCUT2D eigenvalue weighted by molar-refractivity contribution is -0.129. The van der Waals surface area contributed by atoms with Crippen molar-refractivity contribution < 1.29 is 27.5 Å². The van der Waals surface area contributed by atoms with Crippen LogP contribution in [0.15, 0.2) is 83.8 Å². The van der Waals surface area contributed by atoms with Crippen LogP contribution in [0.4, 0.5) is 5.69 Å². The molecule has 1 amide bonds. The number of carbonyl (C=O) groups is 2. The number of rotatable bonds is 9. The van der Waals surface area contributed by atoms with Gasteiger partial charge in [0.15, 0.2) is 6.10 Å². The molecular weight excluding hydrogens is 444 g/mol. The van der Waals surface area contributed by atoms with Crippen LogP contribution in [-0.2, 0) is 26.1 Å². The van der Waals surface area contributed by atoms with Crippen molar-refractivity contribution in [3.8, 4) is 5.75 Å². The lowest BCUT2D eigenvalue weighted by Gasteiger charge is -2.14. The Kier molecular flexibility index (Phi) is 7.68. The molecule has 1 atom stereocenters. The van der Waals surface area contributed by atoms with Gasteiger partial charge in [-0.3, -0.25) is 9.52 Å². The molecule has 0 saturated heterocycles. The molecule has 33 heavy (non-hydrogen) atoms. The van der Waals surface area contributed by atoms with Gasteiger partial charge in [0.05, 0.1) is 23.3 Å². The number of sulfonamides is 1. The van der Waals surface area contributed by atoms with Crippen LogP contribution in [0.3, 0.4) is 0 Å². The fourth-order valence-electron chi connectivity index (χ4n) is 2.93. The van der Waals surface area contributed by atoms with Crippen LogP contribution in [0.5, 0.6) is 5.75 Å². The summed E-state index contributed by atoms with van der Waals surface area (Å²) < 4.78 is 38.5. The van der Waals surface area contributed by atoms with Crippen LogP contribution in [0, 0.1) is 0 Å². The first-order valence-electron chi connectivity index (χ1n) is 10.1. The van der Waals surface area contributed by atoms with E-state index in [9.17, 15) is 18.0 Å². The number of anilines is 1. The summed E-state index contributed by atoms with van der Waals surface area (Å²) in [5.41, 5.74) is 1.17. The van der Waals surface area contributed by atoms with Crippen LogP contribution in [0.2, 0.25) is 0 Å². The Morgan fingerprint density at radius 1 is 0.939 bits per heavy atom. The maximum Gasteiger partial charge on any atom is 0.338 e. The van der Waals surface area contributed by atoms with Gasteiger partial charge in [0.25, 0.3) is 15.9 Å². The molecule has 9 heteroatoms. The molecule has 0 fully saturated rings. The Morgan fingerprint density at radius 3 is 2.36 bits per heavy atom. The second-order valence-electron chi connectivity index (χ2n) is 7.08. The predicted molar refractivity (Wildman–Crippen MR) is 123 cm³/mol. The topological polar surface area (TPSA) is 111 Å². The quantitative estimate of drug-likeness (QED) is 0.466. The van der Waals surface area contributed by atoms with Gasteiger partial charge in [-0.25, -0.2) is 13.2 Å². The van der Waals surface area contributed by atoms with Gasteiger partial charge in [-0.1, -0.05) is 48.5 Å². The zero-order valence-electron chi connectivity index (χ0n) is 18.1. The third-order valence-corrected chi connectivity index (χ3v) is 6.06. The highest BCUT2D eigenvalue weighted by atomic mass is 32.2. The van der Waals surface area contributed by atoms with Gasteiger partial charge in [-0.15, -0.1) is 0 Å². The summed E-state index contributed by atoms with van der Waals surface area (Å²) >= 11 is 0. The average molecular weight is 469 g/mol. The number of carbonyl (C=O) groups excluding carboxylic acids is 2. The van der Waals surface area contributed by atoms with Crippen molar-refractivity contribution in [2.75, 3.05) is 11.8 Å². The number of hydrogen-bond acceptors (Lipinski definition) is 6. The molecule has 0 radical (unpaired) electrons. The first kappa shape index (κ1) is 23.8. The lowest BCUT2D eigenvalue weighted by Crippen LogP contribution is -2.35. The van der Waals surface area contributed by atoms with E-state index >= 15 is 0 Å². The Hall–Kier alpha value is -3.85. The molecular formula is C24H24N2O6S. The van der Waals surface area contributed by atoms with E-state index in [1.54, 1.807) is 24.3 Å². The molecule has 172 valence electrons. The largest absolute Gasteiger partial charge is 0.495 e. The van der Waals surface area contributed by atoms with Gasteiger partial charge < -0.3 is 14.8 Å². The molecule has 0 aliphatic heterocycles. The summed E-state index contributed by atoms with van der Waals surface area (Å²) in [7, 11) is -2.57. The van der Waals surface area contributed by atoms with E-state index in [2.05, 4.69) is 10.0 Å². The van der Waals surface area contributed by atoms with Crippen molar-refractivity contribution in [3.63, 3.8) is 0 Å². The zero-order chi connectivity index (χ0) is 23.8. The van der Waals surface area contributed by atoms with Gasteiger partial charge in [0.2, 0.25) is 0 Å². The third kappa shape index (κ3) is 6.33. The molecule has 0 heterocycles. The number of nitrogens with one attached hydrogen (secondary N) is 2. The number of hydrogen-bond donors (Lipinski definition) is 2. The second kappa shape index (κ2) is 10.6. The molecule has 0 bridgehead atoms. The van der Waals surface area contributed by atoms with Crippen molar-refractivity contribution in [2.24, 2.45) is 0 Å². The van der Waals surface area contributed by atoms with E-state index in [4.69, 9.17) is 9.47 Å². The van der Waals surface area contributed by atoms with Gasteiger partial charge in [0, 0.05) is 6.54 Å². The second-order valence-corrected chi connectivity index (χ2v) is 8.77. The summed E-state index contributed by atoms with van der Waals surface area (Å²) in [6.07, 6.45) is -1.06. The minimum absolute atomic E-state index is 0.000566. The maximum atomic E-state index is 12.8. The first-order valence-corrected chi connectivity index (χ1v) is 11.6. The summed E-state index contributed by atoms with van der Waals surface area (Å²) in [5.74, 6) is -0.924. The molecule has 2 N–H and O–H groups in total. The molecule has 0 saturated carbocycles. The van der Waals surface area contributed by atoms with E-state index in [1.807, 2.05) is 30.3 Å². The van der Waals surface area contributed by atoms with Crippen LogP contribution >= 0.6 is 0 Å². The molecule has 0 aliphatic carbocycles. The third-order valence-electron chi connectivity index (χ3n) is 4.69. The Labute approximate surface area is 192 Å². The number of benzene rings is 3. The molecule has 3 aromatic rings. The first-order chi connectivity index (χ1) is 15.8. The molecule has 3 aromatic carbocycles. The smallest absolute Gasteiger partial charge is 0.338 e. The summed E-state index contributed by atoms with van der Waals surface area (Å²) in [4.78, 5) is 24.7. The molecule has 0 aliphatic rings. The van der Waals surface area contributed by atoms with Gasteiger partial charge in [-0.2, -0.15) is 0 Å². The number of esters is 1. The highest BCUT2D eigenvalue weighted by Crippen LogP contribution is 2.26. The SMILES string of the molecule is COc1ccccc1NS(=O)(=O)c1cccc(C(=O)OC(C)C(=O)NCc2ccccc2)c1. The van der Waals surface area contributed by atoms with Crippen LogP contribution < -0.4 is 14.8 Å². The number of para-hydroxylation sites is 2. The maximum absolute atomic E-state index is 12.8. The van der Waals surface area contributed by atoms with E-state index in [-0.39, 0.29) is 16.1 Å². The zero-order valence-corrected chi connectivity index (χ0v) is 19.0. The minimum atomic E-state index is -4.00. The predicted octanol–water partition coefficient (Wildman–Crippen LogP) is 3.36. The van der Waals surface area contributed by atoms with Crippen molar-refractivity contribution >= 4 is 27.6 Å². The van der Waals surface area contributed by atoms with E-state index in [1.165, 1.54) is 38.3 Å². The van der Waals surface area contributed by atoms with Crippen molar-refractivity contribution in [3.05, 3.63) is 90.0 Å². The Bertz CT molecular complexity index is 1230. The normalized spacial score (nSPS) is 11.8. The molecule has 1 unspecified atom stereocenters. The van der Waals surface area contributed by atoms with Crippen LogP contribution in [0.25, 0.3) is 0 Å². The van der Waals surface area contributed by atoms with Crippen molar-refractivity contribution in [1.82, 2.24) is 5.32 Å². The van der Waals surface area contributed by atoms with Crippen LogP contribution in [-0.4, -0.2) is 33.5 Å². The Balaban J connectivity index is 1.66. The van der Waals surface area contributed by atoms with E-state index in [0.717, 1.165) is 5.56 Å². The summed E-state index contributed by atoms with van der Waals surface area (Å²) in [5, 5.41) is 2.70. The van der Waals surface area contributed by atoms with Gasteiger partial charge in [-0.05, 0) is 42.8 Å². The average Bonchev–Trinajstić information content (AvgIpc) is 2.83. The van der Waals surface area contributed by atoms with Gasteiger partial charge >= 0.3 is 5.97 Å². The number of ether oxygens (including phenoxy) is 2. The Morgan fingerprint density at radius 2 is 1.64 bits per heavy atom. The van der Waals surface area contributed by atoms with Gasteiger partial charge in [0.1, 0.15) is 5.75 Å². The van der Waals surface area contributed by atoms with Crippen LogP contribution in [0.1, 0.15) is 22.8 Å². The molecule has 8 nitrogen and oxygen atoms in total. The lowest BCUT2D eigenvalue weighted by atomic mass is 10.2. The fraction of sp³-hybridized carbons (Fsp3) is 0.167. The fourth-order valence-corrected chi connectivity index (χ4v) is 4.05. The van der Waals surface area contributed by atoms with Crippen molar-refractivity contribution in [2.45, 2.75) is 24.5 Å². The number of amides is 1. The highest BCUT2D eigenvalue weighted by Gasteiger charge is 2.22. The number of methoxy groups -OCH3 is 1. The monoisotopic (exact) mass is 468 g/mol. The van der Waals surface area contributed by atoms with E-state index < -0.39 is 28.0 Å². The van der Waals surface area contributed by atoms with E-state index in [0.29, 0.717) is 12.3 Å². The standard InChI is InChI=1S/C24H24N2O6S/c1-17(23(27)25-16-18-9-4-3-5-10-18)32-24(28)19-11-8-12-20(15-19)33(29,30)26-21-13-6-7-14-22(21)31-2/h3-15,17,26H,16H2,1-2H3,(H,25,27). The summed E-state index contributed by atoms with van der Waals surface area (Å²) in [6, 6.07) is 21.2. The minimum Gasteiger partial charge on any atom is -0.495 e. The molecule has 0 aromatic heterocycles. The highest BCUT2D eigenvalue weighted by molar-refractivity contribution is 7.92. The van der Waals surface area contributed by atoms with Crippen molar-refractivity contribution in [1.29, 1.82) is 0 Å². The summed E-state index contributed by atoms with van der Waals surface area (Å²) in [6.45, 7) is 1.74.